The predicted octanol–water partition coefficient (Wildman–Crippen LogP) is 2.63. The summed E-state index contributed by atoms with van der Waals surface area (Å²) in [6.07, 6.45) is 1.96. The molecule has 0 aliphatic carbocycles. The van der Waals surface area contributed by atoms with E-state index in [0.29, 0.717) is 19.0 Å². The number of benzene rings is 1. The molecule has 2 heterocycles. The van der Waals surface area contributed by atoms with Crippen LogP contribution >= 0.6 is 0 Å². The highest BCUT2D eigenvalue weighted by Crippen LogP contribution is 2.30. The van der Waals surface area contributed by atoms with E-state index < -0.39 is 6.09 Å². The fourth-order valence-electron chi connectivity index (χ4n) is 3.21. The van der Waals surface area contributed by atoms with E-state index in [4.69, 9.17) is 5.73 Å². The van der Waals surface area contributed by atoms with Crippen molar-refractivity contribution >= 4 is 23.1 Å². The number of hydrogen-bond acceptors (Lipinski definition) is 3. The molecule has 21 heavy (non-hydrogen) atoms. The van der Waals surface area contributed by atoms with Crippen molar-refractivity contribution in [3.8, 4) is 0 Å². The van der Waals surface area contributed by atoms with Gasteiger partial charge in [-0.3, -0.25) is 0 Å². The smallest absolute Gasteiger partial charge is 0.407 e. The Balaban J connectivity index is 2.06. The van der Waals surface area contributed by atoms with Crippen molar-refractivity contribution in [2.24, 2.45) is 0 Å². The van der Waals surface area contributed by atoms with Crippen LogP contribution in [0.5, 0.6) is 0 Å². The van der Waals surface area contributed by atoms with Crippen molar-refractivity contribution in [3.63, 3.8) is 0 Å². The summed E-state index contributed by atoms with van der Waals surface area (Å²) in [6.45, 7) is 3.10. The number of aromatic nitrogens is 2. The molecule has 3 rings (SSSR count). The Morgan fingerprint density at radius 1 is 1.43 bits per heavy atom. The number of para-hydroxylation sites is 1. The molecule has 112 valence electrons. The molecule has 0 saturated carbocycles. The molecule has 0 bridgehead atoms. The predicted molar refractivity (Wildman–Crippen MR) is 81.4 cm³/mol. The summed E-state index contributed by atoms with van der Waals surface area (Å²) < 4.78 is 2.02. The number of aryl methyl sites for hydroxylation is 1. The third-order valence-corrected chi connectivity index (χ3v) is 4.22. The maximum atomic E-state index is 11.3. The van der Waals surface area contributed by atoms with Gasteiger partial charge in [-0.15, -0.1) is 0 Å². The number of likely N-dealkylation sites (tertiary alicyclic amines) is 1. The Morgan fingerprint density at radius 2 is 2.24 bits per heavy atom. The lowest BCUT2D eigenvalue weighted by molar-refractivity contribution is 0.141. The Bertz CT molecular complexity index is 680. The minimum atomic E-state index is -0.860. The van der Waals surface area contributed by atoms with Crippen LogP contribution in [0.25, 0.3) is 11.0 Å². The van der Waals surface area contributed by atoms with E-state index in [9.17, 15) is 9.90 Å². The second-order valence-corrected chi connectivity index (χ2v) is 5.66. The lowest BCUT2D eigenvalue weighted by Crippen LogP contribution is -2.34. The normalized spacial score (nSPS) is 19.7. The molecule has 6 heteroatoms. The van der Waals surface area contributed by atoms with Crippen LogP contribution in [0.15, 0.2) is 18.2 Å². The molecule has 1 saturated heterocycles. The van der Waals surface area contributed by atoms with Gasteiger partial charge in [0.15, 0.2) is 0 Å². The summed E-state index contributed by atoms with van der Waals surface area (Å²) in [6, 6.07) is 5.99. The maximum absolute atomic E-state index is 11.3. The van der Waals surface area contributed by atoms with Crippen LogP contribution in [0.2, 0.25) is 0 Å². The number of rotatable bonds is 1. The zero-order chi connectivity index (χ0) is 15.0. The van der Waals surface area contributed by atoms with Gasteiger partial charge in [0.05, 0.1) is 17.1 Å². The summed E-state index contributed by atoms with van der Waals surface area (Å²) in [7, 11) is 0. The highest BCUT2D eigenvalue weighted by atomic mass is 16.4. The first-order valence-electron chi connectivity index (χ1n) is 7.29. The molecule has 6 nitrogen and oxygen atoms in total. The number of carboxylic acid groups (broad SMARTS) is 1. The average molecular weight is 288 g/mol. The number of fused-ring (bicyclic) bond motifs is 1. The Hall–Kier alpha value is -2.24. The van der Waals surface area contributed by atoms with Crippen LogP contribution < -0.4 is 5.73 Å². The van der Waals surface area contributed by atoms with Crippen LogP contribution in [-0.2, 0) is 0 Å². The number of carbonyl (C=O) groups is 1. The van der Waals surface area contributed by atoms with Gasteiger partial charge < -0.3 is 20.3 Å². The molecule has 1 atom stereocenters. The van der Waals surface area contributed by atoms with Gasteiger partial charge in [0, 0.05) is 13.1 Å². The van der Waals surface area contributed by atoms with Crippen molar-refractivity contribution in [1.29, 1.82) is 0 Å². The summed E-state index contributed by atoms with van der Waals surface area (Å²) in [5.41, 5.74) is 9.12. The molecule has 1 amide bonds. The lowest BCUT2D eigenvalue weighted by Gasteiger charge is -2.24. The van der Waals surface area contributed by atoms with E-state index in [-0.39, 0.29) is 6.04 Å². The number of nitrogen functional groups attached to an aromatic ring is 1. The summed E-state index contributed by atoms with van der Waals surface area (Å²) >= 11 is 0. The van der Waals surface area contributed by atoms with Crippen LogP contribution in [0.3, 0.4) is 0 Å². The monoisotopic (exact) mass is 288 g/mol. The van der Waals surface area contributed by atoms with E-state index >= 15 is 0 Å². The van der Waals surface area contributed by atoms with Crippen molar-refractivity contribution in [1.82, 2.24) is 14.5 Å². The third-order valence-electron chi connectivity index (χ3n) is 4.22. The second-order valence-electron chi connectivity index (χ2n) is 5.66. The molecule has 0 spiro atoms. The van der Waals surface area contributed by atoms with Crippen molar-refractivity contribution < 1.29 is 9.90 Å². The minimum absolute atomic E-state index is 0.0506. The molecule has 0 unspecified atom stereocenters. The van der Waals surface area contributed by atoms with E-state index in [2.05, 4.69) is 4.98 Å². The van der Waals surface area contributed by atoms with Crippen molar-refractivity contribution in [2.75, 3.05) is 18.8 Å². The zero-order valence-electron chi connectivity index (χ0n) is 12.1. The number of amides is 1. The van der Waals surface area contributed by atoms with Crippen LogP contribution in [0.4, 0.5) is 10.7 Å². The minimum Gasteiger partial charge on any atom is -0.465 e. The van der Waals surface area contributed by atoms with E-state index in [0.717, 1.165) is 35.9 Å². The first-order valence-corrected chi connectivity index (χ1v) is 7.29. The topological polar surface area (TPSA) is 84.4 Å². The van der Waals surface area contributed by atoms with Crippen molar-refractivity contribution in [2.45, 2.75) is 32.2 Å². The fourth-order valence-corrected chi connectivity index (χ4v) is 3.21. The first kappa shape index (κ1) is 13.7. The standard InChI is InChI=1S/C15H20N4O2/c1-10-5-4-7-12-13(10)19(14(16)17-12)11-6-2-3-8-18(9-11)15(20)21/h4-5,7,11H,2-3,6,8-9H2,1H3,(H2,16,17)(H,20,21)/t11-/m1/s1. The van der Waals surface area contributed by atoms with Crippen molar-refractivity contribution in [3.05, 3.63) is 23.8 Å². The number of imidazole rings is 1. The number of nitrogens with two attached hydrogens (primary N) is 1. The van der Waals surface area contributed by atoms with Gasteiger partial charge >= 0.3 is 6.09 Å². The summed E-state index contributed by atoms with van der Waals surface area (Å²) in [5.74, 6) is 0.469. The highest BCUT2D eigenvalue weighted by molar-refractivity contribution is 5.81. The molecule has 3 N–H and O–H groups in total. The van der Waals surface area contributed by atoms with Gasteiger partial charge in [0.2, 0.25) is 5.95 Å². The molecule has 1 aliphatic rings. The number of hydrogen-bond donors (Lipinski definition) is 2. The Kier molecular flexibility index (Phi) is 3.45. The molecule has 2 aromatic rings. The third kappa shape index (κ3) is 2.41. The quantitative estimate of drug-likeness (QED) is 0.844. The summed E-state index contributed by atoms with van der Waals surface area (Å²) in [4.78, 5) is 17.2. The average Bonchev–Trinajstić information content (AvgIpc) is 2.62. The SMILES string of the molecule is Cc1cccc2nc(N)n([C@@H]3CCCCN(C(=O)O)C3)c12. The Morgan fingerprint density at radius 3 is 3.00 bits per heavy atom. The number of nitrogens with zero attached hydrogens (tertiary/aromatic N) is 3. The number of anilines is 1. The fraction of sp³-hybridized carbons (Fsp3) is 0.467. The van der Waals surface area contributed by atoms with Crippen LogP contribution in [0, 0.1) is 6.92 Å². The van der Waals surface area contributed by atoms with E-state index in [1.165, 1.54) is 4.90 Å². The van der Waals surface area contributed by atoms with Gasteiger partial charge in [-0.05, 0) is 37.8 Å². The largest absolute Gasteiger partial charge is 0.465 e. The second kappa shape index (κ2) is 5.27. The van der Waals surface area contributed by atoms with Gasteiger partial charge in [0.25, 0.3) is 0 Å². The summed E-state index contributed by atoms with van der Waals surface area (Å²) in [5, 5.41) is 9.29. The zero-order valence-corrected chi connectivity index (χ0v) is 12.1. The van der Waals surface area contributed by atoms with E-state index in [1.807, 2.05) is 29.7 Å². The van der Waals surface area contributed by atoms with Crippen LogP contribution in [-0.4, -0.2) is 38.7 Å². The maximum Gasteiger partial charge on any atom is 0.407 e. The molecule has 1 fully saturated rings. The van der Waals surface area contributed by atoms with Gasteiger partial charge in [-0.1, -0.05) is 12.1 Å². The van der Waals surface area contributed by atoms with Gasteiger partial charge in [-0.25, -0.2) is 9.78 Å². The molecule has 1 aliphatic heterocycles. The molecule has 0 radical (unpaired) electrons. The van der Waals surface area contributed by atoms with Crippen LogP contribution in [0.1, 0.15) is 30.9 Å². The lowest BCUT2D eigenvalue weighted by atomic mass is 10.1. The van der Waals surface area contributed by atoms with E-state index in [1.54, 1.807) is 0 Å². The molecular formula is C15H20N4O2. The molecule has 1 aromatic carbocycles. The Labute approximate surface area is 123 Å². The van der Waals surface area contributed by atoms with Gasteiger partial charge in [0.1, 0.15) is 0 Å². The first-order chi connectivity index (χ1) is 10.1. The molecular weight excluding hydrogens is 268 g/mol. The van der Waals surface area contributed by atoms with Gasteiger partial charge in [-0.2, -0.15) is 0 Å². The molecule has 1 aromatic heterocycles. The highest BCUT2D eigenvalue weighted by Gasteiger charge is 2.25.